The topological polar surface area (TPSA) is 69.9 Å². The number of piperidine rings is 1. The molecular weight excluding hydrogens is 534 g/mol. The summed E-state index contributed by atoms with van der Waals surface area (Å²) in [5.74, 6) is 1.01. The van der Waals surface area contributed by atoms with Gasteiger partial charge in [0.05, 0.1) is 6.07 Å². The maximum absolute atomic E-state index is 9.86. The SMILES string of the molecule is CCCCC(C#N)CC[C-]=O.[U+2].[c-]1nsnc1N1CCCCC1. The summed E-state index contributed by atoms with van der Waals surface area (Å²) in [6.07, 6.45) is 12.8. The standard InChI is InChI=1S/C9H14NO.C7H10N3S.U/c1-2-3-5-9(8-10)6-4-7-11;1-2-4-10(5-3-1)7-6-8-11-9-7;/h9H,2-6H2,1H3;1-5H2;/q2*-1;+2. The molecule has 0 radical (unpaired) electrons. The van der Waals surface area contributed by atoms with Crippen molar-refractivity contribution < 1.29 is 35.9 Å². The van der Waals surface area contributed by atoms with Gasteiger partial charge in [0.25, 0.3) is 0 Å². The Balaban J connectivity index is 0.000000403. The molecule has 0 amide bonds. The van der Waals surface area contributed by atoms with Gasteiger partial charge in [-0.1, -0.05) is 26.2 Å². The van der Waals surface area contributed by atoms with Gasteiger partial charge in [0, 0.05) is 30.7 Å². The predicted octanol–water partition coefficient (Wildman–Crippen LogP) is 3.53. The fourth-order valence-electron chi connectivity index (χ4n) is 2.33. The summed E-state index contributed by atoms with van der Waals surface area (Å²) >= 11 is 1.24. The first-order chi connectivity index (χ1) is 10.8. The Hall–Kier alpha value is -0.428. The van der Waals surface area contributed by atoms with Gasteiger partial charge in [-0.2, -0.15) is 16.1 Å². The first-order valence-corrected chi connectivity index (χ1v) is 8.74. The zero-order valence-corrected chi connectivity index (χ0v) is 18.7. The number of hydrogen-bond acceptors (Lipinski definition) is 6. The van der Waals surface area contributed by atoms with Crippen LogP contribution in [0.4, 0.5) is 5.82 Å². The smallest absolute Gasteiger partial charge is 0.542 e. The number of anilines is 1. The van der Waals surface area contributed by atoms with Crippen LogP contribution in [0.5, 0.6) is 0 Å². The second-order valence-electron chi connectivity index (χ2n) is 5.40. The molecule has 1 aliphatic rings. The summed E-state index contributed by atoms with van der Waals surface area (Å²) in [4.78, 5) is 12.1. The normalized spacial score (nSPS) is 14.7. The number of rotatable bonds is 7. The van der Waals surface area contributed by atoms with Gasteiger partial charge in [0.1, 0.15) is 0 Å². The van der Waals surface area contributed by atoms with Crippen molar-refractivity contribution >= 4 is 23.8 Å². The first kappa shape index (κ1) is 22.6. The van der Waals surface area contributed by atoms with Crippen LogP contribution >= 0.6 is 11.7 Å². The molecule has 1 fully saturated rings. The largest absolute Gasteiger partial charge is 2.00 e. The molecule has 0 spiro atoms. The van der Waals surface area contributed by atoms with Crippen LogP contribution in [-0.2, 0) is 4.79 Å². The maximum atomic E-state index is 9.86. The third-order valence-corrected chi connectivity index (χ3v) is 4.08. The van der Waals surface area contributed by atoms with Crippen LogP contribution in [0.3, 0.4) is 0 Å². The third-order valence-electron chi connectivity index (χ3n) is 3.65. The molecular formula is C16H24N4OSU. The Labute approximate surface area is 167 Å². The van der Waals surface area contributed by atoms with Crippen LogP contribution in [0.15, 0.2) is 0 Å². The van der Waals surface area contributed by atoms with Crippen molar-refractivity contribution in [3.8, 4) is 6.07 Å². The van der Waals surface area contributed by atoms with E-state index in [1.54, 1.807) is 0 Å². The Morgan fingerprint density at radius 1 is 1.39 bits per heavy atom. The van der Waals surface area contributed by atoms with Gasteiger partial charge in [-0.15, -0.1) is 0 Å². The monoisotopic (exact) mass is 558 g/mol. The fraction of sp³-hybridized carbons (Fsp3) is 0.750. The minimum atomic E-state index is 0. The summed E-state index contributed by atoms with van der Waals surface area (Å²) in [5.41, 5.74) is 0. The van der Waals surface area contributed by atoms with E-state index in [4.69, 9.17) is 5.26 Å². The quantitative estimate of drug-likeness (QED) is 0.479. The molecule has 23 heavy (non-hydrogen) atoms. The van der Waals surface area contributed by atoms with Crippen molar-refractivity contribution in [2.75, 3.05) is 18.0 Å². The molecule has 1 unspecified atom stereocenters. The molecule has 1 saturated heterocycles. The van der Waals surface area contributed by atoms with Gasteiger partial charge in [-0.3, -0.25) is 6.29 Å². The Kier molecular flexibility index (Phi) is 14.8. The molecule has 2 heterocycles. The maximum Gasteiger partial charge on any atom is 2.00 e. The molecule has 1 aromatic heterocycles. The van der Waals surface area contributed by atoms with E-state index in [0.717, 1.165) is 38.2 Å². The first-order valence-electron chi connectivity index (χ1n) is 8.01. The number of unbranched alkanes of at least 4 members (excludes halogenated alkanes) is 1. The minimum Gasteiger partial charge on any atom is -0.542 e. The van der Waals surface area contributed by atoms with E-state index < -0.39 is 0 Å². The molecule has 0 aromatic carbocycles. The van der Waals surface area contributed by atoms with E-state index in [1.807, 2.05) is 6.29 Å². The Bertz CT molecular complexity index is 430. The van der Waals surface area contributed by atoms with Gasteiger partial charge in [-0.25, -0.2) is 0 Å². The Morgan fingerprint density at radius 3 is 2.65 bits per heavy atom. The van der Waals surface area contributed by atoms with Crippen LogP contribution in [0, 0.1) is 54.6 Å². The van der Waals surface area contributed by atoms with Crippen molar-refractivity contribution in [1.29, 1.82) is 5.26 Å². The fourth-order valence-corrected chi connectivity index (χ4v) is 2.73. The number of carbonyl (C=O) groups excluding carboxylic acids is 1. The van der Waals surface area contributed by atoms with Crippen molar-refractivity contribution in [3.63, 3.8) is 0 Å². The van der Waals surface area contributed by atoms with Gasteiger partial charge in [0.2, 0.25) is 0 Å². The van der Waals surface area contributed by atoms with Crippen molar-refractivity contribution in [2.24, 2.45) is 5.92 Å². The zero-order valence-electron chi connectivity index (χ0n) is 13.8. The molecule has 5 nitrogen and oxygen atoms in total. The van der Waals surface area contributed by atoms with Crippen LogP contribution in [0.25, 0.3) is 0 Å². The second kappa shape index (κ2) is 15.1. The predicted molar refractivity (Wildman–Crippen MR) is 88.4 cm³/mol. The van der Waals surface area contributed by atoms with Crippen LogP contribution in [0.2, 0.25) is 0 Å². The summed E-state index contributed by atoms with van der Waals surface area (Å²) in [5, 5.41) is 8.60. The molecule has 0 saturated carbocycles. The number of hydrogen-bond donors (Lipinski definition) is 0. The summed E-state index contributed by atoms with van der Waals surface area (Å²) in [6, 6.07) is 2.19. The summed E-state index contributed by atoms with van der Waals surface area (Å²) < 4.78 is 8.00. The van der Waals surface area contributed by atoms with E-state index in [0.29, 0.717) is 12.8 Å². The Morgan fingerprint density at radius 2 is 2.13 bits per heavy atom. The molecule has 2 rings (SSSR count). The number of nitrogens with zero attached hydrogens (tertiary/aromatic N) is 4. The summed E-state index contributed by atoms with van der Waals surface area (Å²) in [7, 11) is 0. The molecule has 0 bridgehead atoms. The summed E-state index contributed by atoms with van der Waals surface area (Å²) in [6.45, 7) is 4.35. The van der Waals surface area contributed by atoms with Gasteiger partial charge < -0.3 is 20.3 Å². The van der Waals surface area contributed by atoms with Crippen molar-refractivity contribution in [3.05, 3.63) is 6.20 Å². The van der Waals surface area contributed by atoms with E-state index in [1.165, 1.54) is 31.0 Å². The van der Waals surface area contributed by atoms with Crippen molar-refractivity contribution in [1.82, 2.24) is 8.75 Å². The second-order valence-corrected chi connectivity index (χ2v) is 5.93. The average molecular weight is 558 g/mol. The molecule has 1 aliphatic heterocycles. The average Bonchev–Trinajstić information content (AvgIpc) is 3.11. The third kappa shape index (κ3) is 10.1. The molecule has 124 valence electrons. The van der Waals surface area contributed by atoms with Crippen LogP contribution in [0.1, 0.15) is 58.3 Å². The van der Waals surface area contributed by atoms with Gasteiger partial charge in [0.15, 0.2) is 0 Å². The van der Waals surface area contributed by atoms with E-state index >= 15 is 0 Å². The molecule has 7 heteroatoms. The van der Waals surface area contributed by atoms with E-state index in [9.17, 15) is 4.79 Å². The van der Waals surface area contributed by atoms with Gasteiger partial charge >= 0.3 is 31.1 Å². The van der Waals surface area contributed by atoms with Crippen LogP contribution in [-0.4, -0.2) is 28.1 Å². The van der Waals surface area contributed by atoms with Crippen LogP contribution < -0.4 is 4.90 Å². The van der Waals surface area contributed by atoms with E-state index in [-0.39, 0.29) is 37.0 Å². The van der Waals surface area contributed by atoms with Crippen molar-refractivity contribution in [2.45, 2.75) is 58.3 Å². The molecule has 1 aromatic rings. The number of nitriles is 1. The van der Waals surface area contributed by atoms with E-state index in [2.05, 4.69) is 32.8 Å². The molecule has 0 N–H and O–H groups in total. The zero-order chi connectivity index (χ0) is 16.0. The number of aromatic nitrogens is 2. The van der Waals surface area contributed by atoms with Gasteiger partial charge in [-0.05, 0) is 31.5 Å². The minimum absolute atomic E-state index is 0. The molecule has 1 atom stereocenters. The molecule has 0 aliphatic carbocycles.